The van der Waals surface area contributed by atoms with Crippen molar-refractivity contribution in [3.8, 4) is 0 Å². The van der Waals surface area contributed by atoms with Crippen molar-refractivity contribution in [2.24, 2.45) is 0 Å². The molecule has 0 saturated heterocycles. The number of thioether (sulfide) groups is 1. The van der Waals surface area contributed by atoms with Crippen molar-refractivity contribution < 1.29 is 0 Å². The van der Waals surface area contributed by atoms with Crippen molar-refractivity contribution in [2.75, 3.05) is 5.75 Å². The van der Waals surface area contributed by atoms with Crippen LogP contribution in [0.2, 0.25) is 0 Å². The standard InChI is InChI=1S/C10H14S2/c1-7-6-12-9-8(7)10(2,3)4-5-11-9/h6H,4-5H2,1-3H3. The molecular formula is C10H14S2. The van der Waals surface area contributed by atoms with Crippen LogP contribution in [0.15, 0.2) is 9.59 Å². The van der Waals surface area contributed by atoms with E-state index in [-0.39, 0.29) is 0 Å². The van der Waals surface area contributed by atoms with Gasteiger partial charge in [-0.2, -0.15) is 0 Å². The summed E-state index contributed by atoms with van der Waals surface area (Å²) in [6, 6.07) is 0. The van der Waals surface area contributed by atoms with E-state index in [0.29, 0.717) is 5.41 Å². The molecule has 66 valence electrons. The van der Waals surface area contributed by atoms with E-state index in [1.54, 1.807) is 9.77 Å². The molecule has 0 aromatic carbocycles. The summed E-state index contributed by atoms with van der Waals surface area (Å²) in [5, 5.41) is 2.30. The van der Waals surface area contributed by atoms with Gasteiger partial charge < -0.3 is 0 Å². The number of fused-ring (bicyclic) bond motifs is 1. The van der Waals surface area contributed by atoms with Crippen LogP contribution in [0.25, 0.3) is 0 Å². The second-order valence-electron chi connectivity index (χ2n) is 4.06. The lowest BCUT2D eigenvalue weighted by molar-refractivity contribution is 0.495. The van der Waals surface area contributed by atoms with Gasteiger partial charge in [0.1, 0.15) is 0 Å². The monoisotopic (exact) mass is 198 g/mol. The topological polar surface area (TPSA) is 0 Å². The molecule has 0 N–H and O–H groups in total. The first kappa shape index (κ1) is 8.64. The Labute approximate surface area is 82.4 Å². The Morgan fingerprint density at radius 2 is 2.17 bits per heavy atom. The molecule has 0 spiro atoms. The van der Waals surface area contributed by atoms with Crippen LogP contribution in [0.4, 0.5) is 0 Å². The van der Waals surface area contributed by atoms with E-state index in [2.05, 4.69) is 26.2 Å². The maximum atomic E-state index is 2.37. The van der Waals surface area contributed by atoms with Gasteiger partial charge in [0.2, 0.25) is 0 Å². The molecule has 1 aromatic rings. The van der Waals surface area contributed by atoms with E-state index < -0.39 is 0 Å². The number of rotatable bonds is 0. The Hall–Kier alpha value is 0.0500. The van der Waals surface area contributed by atoms with Crippen LogP contribution in [-0.4, -0.2) is 5.75 Å². The van der Waals surface area contributed by atoms with Crippen molar-refractivity contribution in [1.82, 2.24) is 0 Å². The van der Waals surface area contributed by atoms with E-state index in [9.17, 15) is 0 Å². The van der Waals surface area contributed by atoms with Crippen LogP contribution in [0, 0.1) is 6.92 Å². The van der Waals surface area contributed by atoms with Gasteiger partial charge in [-0.25, -0.2) is 0 Å². The second-order valence-corrected chi connectivity index (χ2v) is 6.31. The summed E-state index contributed by atoms with van der Waals surface area (Å²) in [5.74, 6) is 1.29. The quantitative estimate of drug-likeness (QED) is 0.610. The zero-order chi connectivity index (χ0) is 8.77. The number of thiophene rings is 1. The number of hydrogen-bond acceptors (Lipinski definition) is 2. The highest BCUT2D eigenvalue weighted by Crippen LogP contribution is 2.46. The molecule has 2 heteroatoms. The molecule has 12 heavy (non-hydrogen) atoms. The minimum atomic E-state index is 0.421. The molecular weight excluding hydrogens is 184 g/mol. The first-order chi connectivity index (χ1) is 5.61. The van der Waals surface area contributed by atoms with E-state index in [0.717, 1.165) is 0 Å². The first-order valence-electron chi connectivity index (χ1n) is 4.32. The Balaban J connectivity index is 2.56. The SMILES string of the molecule is Cc1csc2c1C(C)(C)CCS2. The summed E-state index contributed by atoms with van der Waals surface area (Å²) in [6.45, 7) is 6.97. The highest BCUT2D eigenvalue weighted by atomic mass is 32.2. The lowest BCUT2D eigenvalue weighted by Crippen LogP contribution is -2.22. The van der Waals surface area contributed by atoms with Crippen LogP contribution in [0.3, 0.4) is 0 Å². The van der Waals surface area contributed by atoms with Gasteiger partial charge in [-0.1, -0.05) is 13.8 Å². The van der Waals surface area contributed by atoms with Crippen molar-refractivity contribution in [1.29, 1.82) is 0 Å². The zero-order valence-corrected chi connectivity index (χ0v) is 9.44. The van der Waals surface area contributed by atoms with E-state index >= 15 is 0 Å². The molecule has 0 unspecified atom stereocenters. The molecule has 1 aromatic heterocycles. The fourth-order valence-corrected chi connectivity index (χ4v) is 4.86. The summed E-state index contributed by atoms with van der Waals surface area (Å²) in [6.07, 6.45) is 1.32. The Kier molecular flexibility index (Phi) is 2.00. The lowest BCUT2D eigenvalue weighted by Gasteiger charge is -2.30. The predicted molar refractivity (Wildman–Crippen MR) is 57.4 cm³/mol. The van der Waals surface area contributed by atoms with Gasteiger partial charge in [0.05, 0.1) is 4.21 Å². The van der Waals surface area contributed by atoms with Crippen LogP contribution in [0.5, 0.6) is 0 Å². The molecule has 0 atom stereocenters. The maximum Gasteiger partial charge on any atom is 0.0638 e. The lowest BCUT2D eigenvalue weighted by atomic mass is 9.82. The predicted octanol–water partition coefficient (Wildman–Crippen LogP) is 3.83. The molecule has 0 radical (unpaired) electrons. The van der Waals surface area contributed by atoms with Gasteiger partial charge in [0.25, 0.3) is 0 Å². The van der Waals surface area contributed by atoms with Crippen molar-refractivity contribution >= 4 is 23.1 Å². The average Bonchev–Trinajstić information content (AvgIpc) is 2.32. The molecule has 2 heterocycles. The van der Waals surface area contributed by atoms with Gasteiger partial charge in [-0.15, -0.1) is 23.1 Å². The molecule has 2 rings (SSSR count). The van der Waals surface area contributed by atoms with Crippen molar-refractivity contribution in [3.05, 3.63) is 16.5 Å². The Morgan fingerprint density at radius 1 is 1.42 bits per heavy atom. The van der Waals surface area contributed by atoms with Crippen LogP contribution in [0.1, 0.15) is 31.4 Å². The first-order valence-corrected chi connectivity index (χ1v) is 6.19. The minimum Gasteiger partial charge on any atom is -0.137 e. The third kappa shape index (κ3) is 1.21. The molecule has 0 aliphatic carbocycles. The van der Waals surface area contributed by atoms with Gasteiger partial charge >= 0.3 is 0 Å². The summed E-state index contributed by atoms with van der Waals surface area (Å²) in [4.78, 5) is 0. The van der Waals surface area contributed by atoms with Crippen LogP contribution < -0.4 is 0 Å². The fourth-order valence-electron chi connectivity index (χ4n) is 1.86. The van der Waals surface area contributed by atoms with Crippen molar-refractivity contribution in [2.45, 2.75) is 36.8 Å². The Bertz CT molecular complexity index is 297. The average molecular weight is 198 g/mol. The fraction of sp³-hybridized carbons (Fsp3) is 0.600. The summed E-state index contributed by atoms with van der Waals surface area (Å²) < 4.78 is 1.56. The van der Waals surface area contributed by atoms with Crippen molar-refractivity contribution in [3.63, 3.8) is 0 Å². The molecule has 0 saturated carbocycles. The van der Waals surface area contributed by atoms with Crippen LogP contribution >= 0.6 is 23.1 Å². The molecule has 1 aliphatic heterocycles. The molecule has 0 bridgehead atoms. The van der Waals surface area contributed by atoms with E-state index in [4.69, 9.17) is 0 Å². The van der Waals surface area contributed by atoms with Gasteiger partial charge in [-0.05, 0) is 41.0 Å². The maximum absolute atomic E-state index is 2.37. The van der Waals surface area contributed by atoms with Crippen LogP contribution in [-0.2, 0) is 5.41 Å². The normalized spacial score (nSPS) is 20.6. The molecule has 0 fully saturated rings. The third-order valence-corrected chi connectivity index (χ3v) is 4.98. The Morgan fingerprint density at radius 3 is 2.83 bits per heavy atom. The summed E-state index contributed by atoms with van der Waals surface area (Å²) >= 11 is 3.95. The zero-order valence-electron chi connectivity index (χ0n) is 7.81. The summed E-state index contributed by atoms with van der Waals surface area (Å²) in [7, 11) is 0. The van der Waals surface area contributed by atoms with Gasteiger partial charge in [0, 0.05) is 0 Å². The minimum absolute atomic E-state index is 0.421. The van der Waals surface area contributed by atoms with Gasteiger partial charge in [-0.3, -0.25) is 0 Å². The van der Waals surface area contributed by atoms with E-state index in [1.807, 2.05) is 23.1 Å². The third-order valence-electron chi connectivity index (χ3n) is 2.58. The smallest absolute Gasteiger partial charge is 0.0638 e. The highest BCUT2D eigenvalue weighted by Gasteiger charge is 2.30. The highest BCUT2D eigenvalue weighted by molar-refractivity contribution is 8.01. The number of aryl methyl sites for hydroxylation is 1. The second kappa shape index (κ2) is 2.78. The number of hydrogen-bond donors (Lipinski definition) is 0. The van der Waals surface area contributed by atoms with E-state index in [1.165, 1.54) is 17.7 Å². The van der Waals surface area contributed by atoms with Gasteiger partial charge in [0.15, 0.2) is 0 Å². The largest absolute Gasteiger partial charge is 0.137 e. The summed E-state index contributed by atoms with van der Waals surface area (Å²) in [5.41, 5.74) is 3.53. The molecule has 0 amide bonds. The molecule has 0 nitrogen and oxygen atoms in total. The molecule has 1 aliphatic rings.